The number of nitrogens with two attached hydrogens (primary N) is 1. The minimum atomic E-state index is 0.460. The van der Waals surface area contributed by atoms with E-state index in [1.807, 2.05) is 24.3 Å². The van der Waals surface area contributed by atoms with Crippen molar-refractivity contribution < 1.29 is 9.47 Å². The molecule has 0 radical (unpaired) electrons. The minimum Gasteiger partial charge on any atom is -0.494 e. The number of benzene rings is 1. The fourth-order valence-electron chi connectivity index (χ4n) is 2.76. The molecule has 0 spiro atoms. The van der Waals surface area contributed by atoms with Gasteiger partial charge < -0.3 is 15.2 Å². The van der Waals surface area contributed by atoms with Crippen LogP contribution in [-0.2, 0) is 11.3 Å². The van der Waals surface area contributed by atoms with Crippen molar-refractivity contribution in [2.45, 2.75) is 58.6 Å². The first-order valence-electron chi connectivity index (χ1n) is 8.12. The van der Waals surface area contributed by atoms with Crippen LogP contribution in [-0.4, -0.2) is 19.3 Å². The van der Waals surface area contributed by atoms with Crippen molar-refractivity contribution in [3.05, 3.63) is 29.8 Å². The molecular weight excluding hydrogens is 262 g/mol. The molecule has 0 unspecified atom stereocenters. The second-order valence-corrected chi connectivity index (χ2v) is 6.78. The van der Waals surface area contributed by atoms with Gasteiger partial charge in [0.2, 0.25) is 0 Å². The van der Waals surface area contributed by atoms with Gasteiger partial charge in [0.05, 0.1) is 19.3 Å². The SMILES string of the molecule is CC1(C)CCC(OCCCOc2ccc(CN)cc2)CC1. The van der Waals surface area contributed by atoms with Gasteiger partial charge in [-0.05, 0) is 48.8 Å². The summed E-state index contributed by atoms with van der Waals surface area (Å²) in [5.41, 5.74) is 7.21. The molecule has 0 saturated heterocycles. The first-order valence-corrected chi connectivity index (χ1v) is 8.12. The standard InChI is InChI=1S/C18H29NO2/c1-18(2)10-8-17(9-11-18)21-13-3-12-20-16-6-4-15(14-19)5-7-16/h4-7,17H,3,8-14,19H2,1-2H3. The van der Waals surface area contributed by atoms with Gasteiger partial charge >= 0.3 is 0 Å². The smallest absolute Gasteiger partial charge is 0.119 e. The Balaban J connectivity index is 1.56. The van der Waals surface area contributed by atoms with Gasteiger partial charge in [0, 0.05) is 13.0 Å². The van der Waals surface area contributed by atoms with Crippen LogP contribution in [0.3, 0.4) is 0 Å². The molecule has 3 heteroatoms. The van der Waals surface area contributed by atoms with Gasteiger partial charge in [-0.25, -0.2) is 0 Å². The van der Waals surface area contributed by atoms with E-state index in [-0.39, 0.29) is 0 Å². The van der Waals surface area contributed by atoms with Crippen molar-refractivity contribution in [1.82, 2.24) is 0 Å². The molecule has 1 saturated carbocycles. The van der Waals surface area contributed by atoms with E-state index in [0.29, 0.717) is 24.7 Å². The van der Waals surface area contributed by atoms with Crippen LogP contribution < -0.4 is 10.5 Å². The van der Waals surface area contributed by atoms with Gasteiger partial charge in [0.1, 0.15) is 5.75 Å². The quantitative estimate of drug-likeness (QED) is 0.775. The van der Waals surface area contributed by atoms with Crippen LogP contribution in [0, 0.1) is 5.41 Å². The lowest BCUT2D eigenvalue weighted by Gasteiger charge is -2.34. The van der Waals surface area contributed by atoms with E-state index >= 15 is 0 Å². The van der Waals surface area contributed by atoms with E-state index in [1.54, 1.807) is 0 Å². The predicted octanol–water partition coefficient (Wildman–Crippen LogP) is 3.90. The van der Waals surface area contributed by atoms with Crippen LogP contribution in [0.2, 0.25) is 0 Å². The van der Waals surface area contributed by atoms with E-state index in [2.05, 4.69) is 13.8 Å². The van der Waals surface area contributed by atoms with Crippen molar-refractivity contribution >= 4 is 0 Å². The Bertz CT molecular complexity index is 404. The Morgan fingerprint density at radius 3 is 2.38 bits per heavy atom. The highest BCUT2D eigenvalue weighted by atomic mass is 16.5. The lowest BCUT2D eigenvalue weighted by Crippen LogP contribution is -2.26. The molecule has 1 aromatic rings. The Labute approximate surface area is 128 Å². The molecule has 0 amide bonds. The molecule has 0 bridgehead atoms. The van der Waals surface area contributed by atoms with E-state index in [9.17, 15) is 0 Å². The molecule has 1 aromatic carbocycles. The van der Waals surface area contributed by atoms with E-state index in [1.165, 1.54) is 25.7 Å². The summed E-state index contributed by atoms with van der Waals surface area (Å²) >= 11 is 0. The van der Waals surface area contributed by atoms with Gasteiger partial charge in [0.25, 0.3) is 0 Å². The van der Waals surface area contributed by atoms with Crippen LogP contribution in [0.25, 0.3) is 0 Å². The second kappa shape index (κ2) is 7.81. The molecule has 1 aliphatic carbocycles. The monoisotopic (exact) mass is 291 g/mol. The average Bonchev–Trinajstić information content (AvgIpc) is 2.49. The lowest BCUT2D eigenvalue weighted by atomic mass is 9.76. The molecule has 2 N–H and O–H groups in total. The van der Waals surface area contributed by atoms with Gasteiger partial charge in [0.15, 0.2) is 0 Å². The average molecular weight is 291 g/mol. The van der Waals surface area contributed by atoms with Gasteiger partial charge in [-0.2, -0.15) is 0 Å². The summed E-state index contributed by atoms with van der Waals surface area (Å²) in [5, 5.41) is 0. The van der Waals surface area contributed by atoms with E-state index < -0.39 is 0 Å². The van der Waals surface area contributed by atoms with Crippen molar-refractivity contribution in [3.8, 4) is 5.75 Å². The fourth-order valence-corrected chi connectivity index (χ4v) is 2.76. The lowest BCUT2D eigenvalue weighted by molar-refractivity contribution is 0.000111. The van der Waals surface area contributed by atoms with Gasteiger partial charge in [-0.3, -0.25) is 0 Å². The summed E-state index contributed by atoms with van der Waals surface area (Å²) in [7, 11) is 0. The maximum absolute atomic E-state index is 5.95. The zero-order valence-corrected chi connectivity index (χ0v) is 13.4. The molecule has 0 aromatic heterocycles. The number of ether oxygens (including phenoxy) is 2. The van der Waals surface area contributed by atoms with E-state index in [0.717, 1.165) is 24.3 Å². The minimum absolute atomic E-state index is 0.460. The molecule has 118 valence electrons. The third-order valence-corrected chi connectivity index (χ3v) is 4.36. The van der Waals surface area contributed by atoms with E-state index in [4.69, 9.17) is 15.2 Å². The molecule has 21 heavy (non-hydrogen) atoms. The summed E-state index contributed by atoms with van der Waals surface area (Å²) in [6, 6.07) is 7.98. The van der Waals surface area contributed by atoms with Crippen molar-refractivity contribution in [1.29, 1.82) is 0 Å². The first-order chi connectivity index (χ1) is 10.1. The zero-order valence-electron chi connectivity index (χ0n) is 13.4. The van der Waals surface area contributed by atoms with Gasteiger partial charge in [-0.15, -0.1) is 0 Å². The molecule has 3 nitrogen and oxygen atoms in total. The molecule has 2 rings (SSSR count). The highest BCUT2D eigenvalue weighted by molar-refractivity contribution is 5.26. The Morgan fingerprint density at radius 1 is 1.10 bits per heavy atom. The molecule has 1 aliphatic rings. The maximum Gasteiger partial charge on any atom is 0.119 e. The predicted molar refractivity (Wildman–Crippen MR) is 86.4 cm³/mol. The highest BCUT2D eigenvalue weighted by Crippen LogP contribution is 2.36. The largest absolute Gasteiger partial charge is 0.494 e. The zero-order chi connectivity index (χ0) is 15.1. The maximum atomic E-state index is 5.95. The molecule has 1 fully saturated rings. The summed E-state index contributed by atoms with van der Waals surface area (Å²) in [5.74, 6) is 0.909. The summed E-state index contributed by atoms with van der Waals surface area (Å²) in [6.07, 6.45) is 6.37. The third-order valence-electron chi connectivity index (χ3n) is 4.36. The topological polar surface area (TPSA) is 44.5 Å². The van der Waals surface area contributed by atoms with Gasteiger partial charge in [-0.1, -0.05) is 26.0 Å². The number of rotatable bonds is 7. The van der Waals surface area contributed by atoms with Crippen LogP contribution in [0.5, 0.6) is 5.75 Å². The molecular formula is C18H29NO2. The molecule has 0 atom stereocenters. The first kappa shape index (κ1) is 16.3. The Hall–Kier alpha value is -1.06. The van der Waals surface area contributed by atoms with Crippen LogP contribution in [0.1, 0.15) is 51.5 Å². The third kappa shape index (κ3) is 5.68. The van der Waals surface area contributed by atoms with Crippen LogP contribution in [0.15, 0.2) is 24.3 Å². The number of hydrogen-bond acceptors (Lipinski definition) is 3. The molecule has 0 aliphatic heterocycles. The van der Waals surface area contributed by atoms with Crippen molar-refractivity contribution in [3.63, 3.8) is 0 Å². The number of hydrogen-bond donors (Lipinski definition) is 1. The summed E-state index contributed by atoms with van der Waals surface area (Å²) in [6.45, 7) is 6.79. The highest BCUT2D eigenvalue weighted by Gasteiger charge is 2.26. The summed E-state index contributed by atoms with van der Waals surface area (Å²) in [4.78, 5) is 0. The van der Waals surface area contributed by atoms with Crippen LogP contribution >= 0.6 is 0 Å². The second-order valence-electron chi connectivity index (χ2n) is 6.78. The van der Waals surface area contributed by atoms with Crippen molar-refractivity contribution in [2.75, 3.05) is 13.2 Å². The van der Waals surface area contributed by atoms with Crippen LogP contribution in [0.4, 0.5) is 0 Å². The fraction of sp³-hybridized carbons (Fsp3) is 0.667. The summed E-state index contributed by atoms with van der Waals surface area (Å²) < 4.78 is 11.7. The normalized spacial score (nSPS) is 18.6. The molecule has 0 heterocycles. The van der Waals surface area contributed by atoms with Crippen molar-refractivity contribution in [2.24, 2.45) is 11.1 Å². The Kier molecular flexibility index (Phi) is 6.07. The Morgan fingerprint density at radius 2 is 1.76 bits per heavy atom.